The van der Waals surface area contributed by atoms with Crippen LogP contribution < -0.4 is 0 Å². The van der Waals surface area contributed by atoms with E-state index in [9.17, 15) is 0 Å². The third-order valence-electron chi connectivity index (χ3n) is 26.5. The number of unbranched alkanes of at least 4 members (excludes halogenated alkanes) is 32. The molecule has 4 unspecified atom stereocenters. The molecule has 0 N–H and O–H groups in total. The second-order valence-corrected chi connectivity index (χ2v) is 45.6. The summed E-state index contributed by atoms with van der Waals surface area (Å²) >= 11 is 18.6. The molecule has 4 nitrogen and oxygen atoms in total. The van der Waals surface area contributed by atoms with Crippen molar-refractivity contribution in [2.24, 2.45) is 23.7 Å². The Hall–Kier alpha value is -1.94. The minimum absolute atomic E-state index is 0.705. The summed E-state index contributed by atoms with van der Waals surface area (Å²) in [5, 5.41) is 10.5. The van der Waals surface area contributed by atoms with Crippen molar-refractivity contribution in [3.8, 4) is 0 Å². The number of benzene rings is 8. The fraction of sp³-hybridized carbons (Fsp3) is 0.604. The van der Waals surface area contributed by atoms with Gasteiger partial charge in [0.05, 0.1) is 52.6 Å². The van der Waals surface area contributed by atoms with Crippen molar-refractivity contribution in [3.63, 3.8) is 0 Å². The van der Waals surface area contributed by atoms with Gasteiger partial charge in [-0.15, -0.1) is 0 Å². The van der Waals surface area contributed by atoms with Gasteiger partial charge >= 0.3 is 0 Å². The summed E-state index contributed by atoms with van der Waals surface area (Å²) in [6.07, 6.45) is 69.3. The molecule has 8 aromatic carbocycles. The predicted octanol–water partition coefficient (Wildman–Crippen LogP) is 38.7. The van der Waals surface area contributed by atoms with Gasteiger partial charge in [-0.1, -0.05) is 411 Å². The number of aromatic nitrogens is 4. The fourth-order valence-electron chi connectivity index (χ4n) is 19.5. The number of fused-ring (bicyclic) bond motifs is 16. The molecule has 2 aromatic heterocycles. The van der Waals surface area contributed by atoms with Crippen molar-refractivity contribution < 1.29 is 0 Å². The molecule has 4 heterocycles. The molecule has 640 valence electrons. The van der Waals surface area contributed by atoms with Crippen molar-refractivity contribution in [1.29, 1.82) is 0 Å². The quantitative estimate of drug-likeness (QED) is 0.0162. The van der Waals surface area contributed by atoms with E-state index in [0.717, 1.165) is 69.8 Å². The highest BCUT2D eigenvalue weighted by atomic mass is 127. The number of halogens is 4. The molecule has 0 saturated heterocycles. The van der Waals surface area contributed by atoms with E-state index in [2.05, 4.69) is 219 Å². The lowest BCUT2D eigenvalue weighted by atomic mass is 9.86. The van der Waals surface area contributed by atoms with Crippen LogP contribution in [0.25, 0.3) is 87.2 Å². The monoisotopic (exact) mass is 2110 g/mol. The maximum absolute atomic E-state index is 5.83. The predicted molar refractivity (Wildman–Crippen MR) is 561 cm³/mol. The van der Waals surface area contributed by atoms with Crippen molar-refractivity contribution >= 4 is 225 Å². The second-order valence-electron chi connectivity index (χ2n) is 36.3. The van der Waals surface area contributed by atoms with Crippen LogP contribution in [0.5, 0.6) is 0 Å². The van der Waals surface area contributed by atoms with Crippen molar-refractivity contribution in [2.75, 3.05) is 0 Å². The van der Waals surface area contributed by atoms with E-state index in [-0.39, 0.29) is 0 Å². The van der Waals surface area contributed by atoms with E-state index in [1.807, 2.05) is 47.0 Å². The first-order valence-electron chi connectivity index (χ1n) is 48.3. The van der Waals surface area contributed by atoms with Crippen LogP contribution in [0, 0.1) is 38.0 Å². The summed E-state index contributed by atoms with van der Waals surface area (Å²) in [5.41, 5.74) is 14.2. The average Bonchev–Trinajstić information content (AvgIpc) is 0.915. The summed E-state index contributed by atoms with van der Waals surface area (Å²) in [5.74, 6) is 2.82. The van der Waals surface area contributed by atoms with Gasteiger partial charge in [0, 0.05) is 55.4 Å². The highest BCUT2D eigenvalue weighted by Crippen LogP contribution is 2.62. The topological polar surface area (TPSA) is 51.6 Å². The summed E-state index contributed by atoms with van der Waals surface area (Å²) in [7, 11) is 0. The summed E-state index contributed by atoms with van der Waals surface area (Å²) in [6.45, 7) is 18.8. The lowest BCUT2D eigenvalue weighted by Crippen LogP contribution is -2.08. The fourth-order valence-corrected chi connectivity index (χ4v) is 27.6. The Labute approximate surface area is 786 Å². The van der Waals surface area contributed by atoms with Crippen LogP contribution in [-0.2, 0) is 25.7 Å². The molecule has 0 amide bonds. The number of hydrogen-bond donors (Lipinski definition) is 0. The minimum Gasteiger partial charge on any atom is -0.244 e. The smallest absolute Gasteiger partial charge is 0.0979 e. The Morgan fingerprint density at radius 3 is 0.568 bits per heavy atom. The van der Waals surface area contributed by atoms with Gasteiger partial charge in [-0.05, 0) is 256 Å². The molecule has 4 atom stereocenters. The molecular formula is C106H144I4N4S4. The molecule has 0 fully saturated rings. The van der Waals surface area contributed by atoms with Gasteiger partial charge in [0.15, 0.2) is 0 Å². The number of rotatable bonds is 56. The van der Waals surface area contributed by atoms with Crippen LogP contribution in [0.4, 0.5) is 0 Å². The molecule has 2 aliphatic heterocycles. The molecule has 0 radical (unpaired) electrons. The maximum Gasteiger partial charge on any atom is 0.0979 e. The molecule has 12 heteroatoms. The standard InChI is InChI=1S/C106H144I4N4S4/c1-9-17-25-33-37-45-53-73(49-41-29-21-13-5)57-77-61-81-82-62-78(58-74(50-42-30-22-14-6)54-46-38-34-26-18-10-2)90(108)66-86(82)102-101(85(81)65-89(77)107)111-93-69-97-98(70-94(93)112-102)116-105(115-97)106-117-99-71-95-96(72-100(99)118-106)114-104-88-68-92(110)80(60-76(52-44-32-24-16-8)56-48-40-36-28-20-12-4)64-84(88)83-63-79(91(109)67-87(83)103(104)113-95)59-75(51-43-31-23-15-7)55-47-39-35-27-19-11-3/h61-76H,9-60H2,1-8H3. The molecule has 0 bridgehead atoms. The zero-order chi connectivity index (χ0) is 82.5. The normalized spacial score (nSPS) is 14.2. The summed E-state index contributed by atoms with van der Waals surface area (Å²) < 4.78 is 8.22. The maximum atomic E-state index is 5.83. The first-order chi connectivity index (χ1) is 57.8. The number of thioether (sulfide) groups is 4. The Bertz CT molecular complexity index is 4310. The summed E-state index contributed by atoms with van der Waals surface area (Å²) in [6, 6.07) is 30.3. The molecule has 0 saturated carbocycles. The number of hydrogen-bond acceptors (Lipinski definition) is 8. The highest BCUT2D eigenvalue weighted by molar-refractivity contribution is 14.1. The van der Waals surface area contributed by atoms with Crippen LogP contribution >= 0.6 is 137 Å². The van der Waals surface area contributed by atoms with E-state index >= 15 is 0 Å². The Kier molecular flexibility index (Phi) is 40.8. The van der Waals surface area contributed by atoms with Crippen LogP contribution in [0.3, 0.4) is 0 Å². The Morgan fingerprint density at radius 1 is 0.212 bits per heavy atom. The van der Waals surface area contributed by atoms with E-state index in [0.29, 0.717) is 23.7 Å². The molecule has 10 aromatic rings. The van der Waals surface area contributed by atoms with Crippen LogP contribution in [0.2, 0.25) is 0 Å². The SMILES string of the molecule is CCCCCCCCC(CCCCCC)Cc1cc2c3cc(CC(CCCCCC)CCCCCCCC)c(I)cc3c3nc4cc5c(cc4nc3c2cc1I)SC(=C1Sc2cc3nc4c6cc(I)c(CC(CCCCCC)CCCCCCCC)cc6c6cc(CC(CCCCCC)CCCCCCCC)c(I)cc6c4nc3cc2S1)S5. The molecule has 118 heavy (non-hydrogen) atoms. The largest absolute Gasteiger partial charge is 0.244 e. The Morgan fingerprint density at radius 2 is 0.381 bits per heavy atom. The lowest BCUT2D eigenvalue weighted by molar-refractivity contribution is 0.402. The average molecular weight is 2110 g/mol. The summed E-state index contributed by atoms with van der Waals surface area (Å²) in [4.78, 5) is 28.4. The van der Waals surface area contributed by atoms with Gasteiger partial charge < -0.3 is 0 Å². The van der Waals surface area contributed by atoms with E-state index in [1.165, 1.54) is 416 Å². The molecule has 2 aliphatic rings. The third-order valence-corrected chi connectivity index (χ3v) is 36.1. The zero-order valence-corrected chi connectivity index (χ0v) is 85.8. The molecule has 0 aliphatic carbocycles. The van der Waals surface area contributed by atoms with Gasteiger partial charge in [0.1, 0.15) is 0 Å². The lowest BCUT2D eigenvalue weighted by Gasteiger charge is -2.21. The van der Waals surface area contributed by atoms with E-state index < -0.39 is 0 Å². The van der Waals surface area contributed by atoms with Crippen LogP contribution in [-0.4, -0.2) is 19.9 Å². The van der Waals surface area contributed by atoms with E-state index in [4.69, 9.17) is 19.9 Å². The first kappa shape index (κ1) is 95.2. The van der Waals surface area contributed by atoms with Gasteiger partial charge in [0.25, 0.3) is 0 Å². The minimum atomic E-state index is 0.705. The van der Waals surface area contributed by atoms with Gasteiger partial charge in [0.2, 0.25) is 0 Å². The Balaban J connectivity index is 0.894. The van der Waals surface area contributed by atoms with Gasteiger partial charge in [-0.2, -0.15) is 0 Å². The third kappa shape index (κ3) is 26.6. The molecule has 0 spiro atoms. The zero-order valence-electron chi connectivity index (χ0n) is 73.9. The highest BCUT2D eigenvalue weighted by Gasteiger charge is 2.31. The van der Waals surface area contributed by atoms with Gasteiger partial charge in [-0.25, -0.2) is 19.9 Å². The molecule has 12 rings (SSSR count). The molecular weight excluding hydrogens is 1970 g/mol. The van der Waals surface area contributed by atoms with Gasteiger partial charge in [-0.3, -0.25) is 0 Å². The van der Waals surface area contributed by atoms with Crippen molar-refractivity contribution in [2.45, 2.75) is 409 Å². The van der Waals surface area contributed by atoms with Crippen LogP contribution in [0.1, 0.15) is 386 Å². The number of nitrogens with zero attached hydrogens (tertiary/aromatic N) is 4. The van der Waals surface area contributed by atoms with Crippen LogP contribution in [0.15, 0.2) is 101 Å². The van der Waals surface area contributed by atoms with Crippen molar-refractivity contribution in [3.05, 3.63) is 118 Å². The van der Waals surface area contributed by atoms with Crippen molar-refractivity contribution in [1.82, 2.24) is 19.9 Å². The first-order valence-corrected chi connectivity index (χ1v) is 55.9. The van der Waals surface area contributed by atoms with E-state index in [1.54, 1.807) is 0 Å². The second kappa shape index (κ2) is 50.6.